The number of sulfonamides is 1. The van der Waals surface area contributed by atoms with Gasteiger partial charge in [-0.25, -0.2) is 13.1 Å². The first kappa shape index (κ1) is 21.1. The topological polar surface area (TPSA) is 58.2 Å². The molecule has 0 saturated heterocycles. The second kappa shape index (κ2) is 9.72. The summed E-state index contributed by atoms with van der Waals surface area (Å²) in [6.07, 6.45) is 1.82. The third-order valence-electron chi connectivity index (χ3n) is 5.05. The van der Waals surface area contributed by atoms with Crippen molar-refractivity contribution in [3.05, 3.63) is 95.6 Å². The van der Waals surface area contributed by atoms with E-state index in [1.807, 2.05) is 30.3 Å². The van der Waals surface area contributed by atoms with Crippen molar-refractivity contribution in [2.75, 3.05) is 11.9 Å². The molecule has 0 aliphatic heterocycles. The molecule has 3 aromatic rings. The van der Waals surface area contributed by atoms with Crippen LogP contribution >= 0.6 is 0 Å². The molecule has 0 aliphatic carbocycles. The highest BCUT2D eigenvalue weighted by molar-refractivity contribution is 7.89. The van der Waals surface area contributed by atoms with Crippen LogP contribution in [-0.4, -0.2) is 15.0 Å². The molecule has 29 heavy (non-hydrogen) atoms. The Hall–Kier alpha value is -2.63. The summed E-state index contributed by atoms with van der Waals surface area (Å²) < 4.78 is 28.2. The van der Waals surface area contributed by atoms with Gasteiger partial charge in [-0.05, 0) is 41.7 Å². The van der Waals surface area contributed by atoms with Crippen LogP contribution in [0.3, 0.4) is 0 Å². The van der Waals surface area contributed by atoms with Gasteiger partial charge >= 0.3 is 0 Å². The first-order valence-corrected chi connectivity index (χ1v) is 11.5. The monoisotopic (exact) mass is 408 g/mol. The van der Waals surface area contributed by atoms with Crippen molar-refractivity contribution < 1.29 is 8.42 Å². The zero-order valence-electron chi connectivity index (χ0n) is 16.9. The van der Waals surface area contributed by atoms with Crippen molar-refractivity contribution in [2.45, 2.75) is 37.6 Å². The third kappa shape index (κ3) is 5.25. The van der Waals surface area contributed by atoms with Crippen LogP contribution in [0.25, 0.3) is 0 Å². The zero-order valence-corrected chi connectivity index (χ0v) is 17.7. The maximum atomic E-state index is 12.7. The molecule has 0 aliphatic rings. The van der Waals surface area contributed by atoms with E-state index in [0.29, 0.717) is 0 Å². The van der Waals surface area contributed by atoms with Crippen LogP contribution in [0, 0.1) is 0 Å². The van der Waals surface area contributed by atoms with Gasteiger partial charge in [0.1, 0.15) is 0 Å². The van der Waals surface area contributed by atoms with Gasteiger partial charge in [-0.1, -0.05) is 80.6 Å². The van der Waals surface area contributed by atoms with E-state index in [4.69, 9.17) is 0 Å². The Kier molecular flexibility index (Phi) is 7.07. The number of nitrogens with one attached hydrogen (secondary N) is 2. The lowest BCUT2D eigenvalue weighted by atomic mass is 10.0. The molecule has 0 bridgehead atoms. The number of para-hydroxylation sites is 1. The van der Waals surface area contributed by atoms with Gasteiger partial charge in [-0.15, -0.1) is 0 Å². The van der Waals surface area contributed by atoms with Crippen molar-refractivity contribution in [1.29, 1.82) is 0 Å². The highest BCUT2D eigenvalue weighted by Gasteiger charge is 2.19. The largest absolute Gasteiger partial charge is 0.376 e. The molecule has 152 valence electrons. The van der Waals surface area contributed by atoms with Crippen LogP contribution in [0.1, 0.15) is 36.6 Å². The SMILES string of the molecule is CCc1cccc(CC)c1N[C@@H](CNS(=O)(=O)c1ccccc1)c1ccccc1. The van der Waals surface area contributed by atoms with Crippen molar-refractivity contribution in [3.63, 3.8) is 0 Å². The van der Waals surface area contributed by atoms with Gasteiger partial charge in [0.15, 0.2) is 0 Å². The van der Waals surface area contributed by atoms with Gasteiger partial charge in [0.05, 0.1) is 10.9 Å². The van der Waals surface area contributed by atoms with Crippen molar-refractivity contribution >= 4 is 15.7 Å². The Morgan fingerprint density at radius 2 is 1.31 bits per heavy atom. The summed E-state index contributed by atoms with van der Waals surface area (Å²) in [7, 11) is -3.58. The second-order valence-corrected chi connectivity index (χ2v) is 8.70. The maximum Gasteiger partial charge on any atom is 0.240 e. The van der Waals surface area contributed by atoms with E-state index in [0.717, 1.165) is 24.1 Å². The summed E-state index contributed by atoms with van der Waals surface area (Å²) in [6.45, 7) is 4.52. The third-order valence-corrected chi connectivity index (χ3v) is 6.49. The van der Waals surface area contributed by atoms with Crippen LogP contribution in [0.2, 0.25) is 0 Å². The van der Waals surface area contributed by atoms with Crippen molar-refractivity contribution in [3.8, 4) is 0 Å². The first-order chi connectivity index (χ1) is 14.0. The molecule has 0 unspecified atom stereocenters. The molecule has 0 heterocycles. The average molecular weight is 409 g/mol. The number of rotatable bonds is 9. The molecule has 0 amide bonds. The highest BCUT2D eigenvalue weighted by Crippen LogP contribution is 2.27. The van der Waals surface area contributed by atoms with Crippen molar-refractivity contribution in [2.24, 2.45) is 0 Å². The van der Waals surface area contributed by atoms with Crippen LogP contribution < -0.4 is 10.0 Å². The van der Waals surface area contributed by atoms with Crippen LogP contribution in [0.5, 0.6) is 0 Å². The Morgan fingerprint density at radius 3 is 1.86 bits per heavy atom. The lowest BCUT2D eigenvalue weighted by molar-refractivity contribution is 0.576. The minimum Gasteiger partial charge on any atom is -0.376 e. The van der Waals surface area contributed by atoms with Gasteiger partial charge < -0.3 is 5.32 Å². The zero-order chi connectivity index (χ0) is 20.7. The molecule has 3 aromatic carbocycles. The van der Waals surface area contributed by atoms with E-state index in [1.54, 1.807) is 30.3 Å². The Bertz CT molecular complexity index is 997. The van der Waals surface area contributed by atoms with Gasteiger partial charge in [-0.3, -0.25) is 0 Å². The smallest absolute Gasteiger partial charge is 0.240 e. The molecule has 1 atom stereocenters. The van der Waals surface area contributed by atoms with E-state index in [1.165, 1.54) is 11.1 Å². The predicted octanol–water partition coefficient (Wildman–Crippen LogP) is 4.94. The minimum atomic E-state index is -3.58. The summed E-state index contributed by atoms with van der Waals surface area (Å²) in [5.74, 6) is 0. The number of benzene rings is 3. The number of hydrogen-bond acceptors (Lipinski definition) is 3. The number of anilines is 1. The molecule has 0 spiro atoms. The van der Waals surface area contributed by atoms with Gasteiger partial charge in [0, 0.05) is 12.2 Å². The quantitative estimate of drug-likeness (QED) is 0.527. The second-order valence-electron chi connectivity index (χ2n) is 6.93. The lowest BCUT2D eigenvalue weighted by Crippen LogP contribution is -2.32. The molecule has 0 fully saturated rings. The Balaban J connectivity index is 1.89. The van der Waals surface area contributed by atoms with E-state index >= 15 is 0 Å². The molecule has 2 N–H and O–H groups in total. The summed E-state index contributed by atoms with van der Waals surface area (Å²) in [6, 6.07) is 24.6. The van der Waals surface area contributed by atoms with Gasteiger partial charge in [0.25, 0.3) is 0 Å². The lowest BCUT2D eigenvalue weighted by Gasteiger charge is -2.24. The first-order valence-electron chi connectivity index (χ1n) is 10.0. The number of aryl methyl sites for hydroxylation is 2. The standard InChI is InChI=1S/C24H28N2O2S/c1-3-19-14-11-15-20(4-2)24(19)26-23(21-12-7-5-8-13-21)18-25-29(27,28)22-16-9-6-10-17-22/h5-17,23,25-26H,3-4,18H2,1-2H3/t23-/m0/s1. The fourth-order valence-corrected chi connectivity index (χ4v) is 4.48. The highest BCUT2D eigenvalue weighted by atomic mass is 32.2. The molecular weight excluding hydrogens is 380 g/mol. The van der Waals surface area contributed by atoms with Crippen LogP contribution in [0.15, 0.2) is 83.8 Å². The molecule has 0 saturated carbocycles. The fourth-order valence-electron chi connectivity index (χ4n) is 3.42. The fraction of sp³-hybridized carbons (Fsp3) is 0.250. The van der Waals surface area contributed by atoms with E-state index in [-0.39, 0.29) is 17.5 Å². The average Bonchev–Trinajstić information content (AvgIpc) is 2.77. The molecular formula is C24H28N2O2S. The maximum absolute atomic E-state index is 12.7. The van der Waals surface area contributed by atoms with Gasteiger partial charge in [-0.2, -0.15) is 0 Å². The summed E-state index contributed by atoms with van der Waals surface area (Å²) in [4.78, 5) is 0.273. The van der Waals surface area contributed by atoms with E-state index in [2.05, 4.69) is 42.1 Å². The van der Waals surface area contributed by atoms with E-state index < -0.39 is 10.0 Å². The Morgan fingerprint density at radius 1 is 0.759 bits per heavy atom. The van der Waals surface area contributed by atoms with Crippen molar-refractivity contribution in [1.82, 2.24) is 4.72 Å². The summed E-state index contributed by atoms with van der Waals surface area (Å²) >= 11 is 0. The minimum absolute atomic E-state index is 0.187. The van der Waals surface area contributed by atoms with Crippen LogP contribution in [-0.2, 0) is 22.9 Å². The van der Waals surface area contributed by atoms with E-state index in [9.17, 15) is 8.42 Å². The summed E-state index contributed by atoms with van der Waals surface area (Å²) in [5.41, 5.74) is 4.61. The molecule has 4 nitrogen and oxygen atoms in total. The Labute approximate surface area is 174 Å². The summed E-state index contributed by atoms with van der Waals surface area (Å²) in [5, 5.41) is 3.63. The van der Waals surface area contributed by atoms with Gasteiger partial charge in [0.2, 0.25) is 10.0 Å². The van der Waals surface area contributed by atoms with Crippen LogP contribution in [0.4, 0.5) is 5.69 Å². The molecule has 3 rings (SSSR count). The number of hydrogen-bond donors (Lipinski definition) is 2. The predicted molar refractivity (Wildman–Crippen MR) is 120 cm³/mol. The molecule has 5 heteroatoms. The molecule has 0 radical (unpaired) electrons. The molecule has 0 aromatic heterocycles. The normalized spacial score (nSPS) is 12.5.